The van der Waals surface area contributed by atoms with E-state index in [-0.39, 0.29) is 39.9 Å². The van der Waals surface area contributed by atoms with Crippen molar-refractivity contribution < 1.29 is 31.5 Å². The van der Waals surface area contributed by atoms with E-state index in [1.807, 2.05) is 4.72 Å². The molecular formula is C20H27F2N5O5S. The molecule has 0 saturated carbocycles. The van der Waals surface area contributed by atoms with Gasteiger partial charge < -0.3 is 14.8 Å². The van der Waals surface area contributed by atoms with Crippen LogP contribution in [0, 0.1) is 0 Å². The number of nitrogens with one attached hydrogen (secondary N) is 2. The van der Waals surface area contributed by atoms with Crippen LogP contribution in [0.3, 0.4) is 0 Å². The van der Waals surface area contributed by atoms with Crippen molar-refractivity contribution >= 4 is 21.7 Å². The first-order valence-corrected chi connectivity index (χ1v) is 11.9. The predicted octanol–water partition coefficient (Wildman–Crippen LogP) is 3.81. The number of urea groups is 1. The third-order valence-corrected chi connectivity index (χ3v) is 6.09. The molecule has 2 aromatic heterocycles. The van der Waals surface area contributed by atoms with Crippen LogP contribution < -0.4 is 19.5 Å². The molecule has 0 saturated heterocycles. The molecule has 0 bridgehead atoms. The Hall–Kier alpha value is -2.96. The van der Waals surface area contributed by atoms with Crippen molar-refractivity contribution in [3.05, 3.63) is 23.5 Å². The van der Waals surface area contributed by atoms with Crippen LogP contribution in [0.2, 0.25) is 0 Å². The van der Waals surface area contributed by atoms with Gasteiger partial charge >= 0.3 is 12.1 Å². The van der Waals surface area contributed by atoms with Crippen molar-refractivity contribution in [3.63, 3.8) is 0 Å². The first-order chi connectivity index (χ1) is 15.3. The van der Waals surface area contributed by atoms with Gasteiger partial charge in [0, 0.05) is 26.0 Å². The summed E-state index contributed by atoms with van der Waals surface area (Å²) in [4.78, 5) is 16.6. The van der Waals surface area contributed by atoms with Gasteiger partial charge in [0.1, 0.15) is 0 Å². The molecule has 2 aromatic rings. The summed E-state index contributed by atoms with van der Waals surface area (Å²) in [5, 5.41) is 6.51. The van der Waals surface area contributed by atoms with Gasteiger partial charge in [-0.05, 0) is 17.4 Å². The van der Waals surface area contributed by atoms with Crippen molar-refractivity contribution in [3.8, 4) is 11.8 Å². The molecule has 0 aliphatic carbocycles. The summed E-state index contributed by atoms with van der Waals surface area (Å²) in [6, 6.07) is 0.269. The molecule has 3 heterocycles. The van der Waals surface area contributed by atoms with Gasteiger partial charge in [-0.25, -0.2) is 27.6 Å². The van der Waals surface area contributed by atoms with Crippen LogP contribution in [0.4, 0.5) is 19.3 Å². The lowest BCUT2D eigenvalue weighted by molar-refractivity contribution is -0.161. The Morgan fingerprint density at radius 2 is 1.97 bits per heavy atom. The van der Waals surface area contributed by atoms with Crippen molar-refractivity contribution in [1.82, 2.24) is 19.5 Å². The molecule has 0 fully saturated rings. The number of carbonyl (C=O) groups is 1. The molecule has 1 aliphatic heterocycles. The summed E-state index contributed by atoms with van der Waals surface area (Å²) in [6.07, 6.45) is -1.63. The minimum Gasteiger partial charge on any atom is -0.477 e. The number of amides is 2. The number of nitrogens with zero attached hydrogens (tertiary/aromatic N) is 3. The minimum absolute atomic E-state index is 0.0657. The van der Waals surface area contributed by atoms with Crippen LogP contribution >= 0.6 is 0 Å². The van der Waals surface area contributed by atoms with Gasteiger partial charge in [0.15, 0.2) is 4.90 Å². The fraction of sp³-hybridized carbons (Fsp3) is 0.550. The highest BCUT2D eigenvalue weighted by atomic mass is 32.2. The average Bonchev–Trinajstić information content (AvgIpc) is 3.12. The van der Waals surface area contributed by atoms with Gasteiger partial charge in [-0.3, -0.25) is 0 Å². The van der Waals surface area contributed by atoms with E-state index in [1.165, 1.54) is 10.7 Å². The van der Waals surface area contributed by atoms with Gasteiger partial charge in [0.25, 0.3) is 10.0 Å². The van der Waals surface area contributed by atoms with Crippen LogP contribution in [-0.4, -0.2) is 41.9 Å². The fourth-order valence-corrected chi connectivity index (χ4v) is 4.34. The second-order valence-electron chi connectivity index (χ2n) is 8.33. The summed E-state index contributed by atoms with van der Waals surface area (Å²) >= 11 is 0. The number of pyridine rings is 1. The molecule has 0 aromatic carbocycles. The molecular weight excluding hydrogens is 460 g/mol. The molecule has 0 radical (unpaired) electrons. The number of carbonyl (C=O) groups excluding carboxylic acids is 1. The Balaban J connectivity index is 1.91. The fourth-order valence-electron chi connectivity index (χ4n) is 3.35. The smallest absolute Gasteiger partial charge is 0.396 e. The molecule has 33 heavy (non-hydrogen) atoms. The SMILES string of the molecule is CC(C)c1cc(OC(C)(F)F)nc(C(C)C)c1NC(=O)NS(=O)(=O)c1cnn2c1OCCC2. The molecule has 13 heteroatoms. The van der Waals surface area contributed by atoms with Gasteiger partial charge in [-0.1, -0.05) is 27.7 Å². The normalized spacial score (nSPS) is 14.1. The molecule has 2 amide bonds. The van der Waals surface area contributed by atoms with E-state index >= 15 is 0 Å². The third-order valence-electron chi connectivity index (χ3n) is 4.77. The lowest BCUT2D eigenvalue weighted by Gasteiger charge is -2.22. The van der Waals surface area contributed by atoms with Crippen LogP contribution in [0.25, 0.3) is 0 Å². The Labute approximate surface area is 190 Å². The molecule has 3 rings (SSSR count). The zero-order chi connectivity index (χ0) is 24.6. The molecule has 0 atom stereocenters. The van der Waals surface area contributed by atoms with Gasteiger partial charge in [-0.15, -0.1) is 0 Å². The summed E-state index contributed by atoms with van der Waals surface area (Å²) in [5.41, 5.74) is 0.971. The standard InChI is InChI=1S/C20H27F2N5O5S/c1-11(2)13-9-15(32-20(5,21)22)24-16(12(3)4)17(13)25-19(28)26-33(29,30)14-10-23-27-7-6-8-31-18(14)27/h9-12H,6-8H2,1-5H3,(H2,25,26,28). The molecule has 0 unspecified atom stereocenters. The number of hydrogen-bond donors (Lipinski definition) is 2. The first kappa shape index (κ1) is 24.7. The summed E-state index contributed by atoms with van der Waals surface area (Å²) in [7, 11) is -4.29. The number of halogens is 2. The molecule has 0 spiro atoms. The highest BCUT2D eigenvalue weighted by Gasteiger charge is 2.30. The zero-order valence-corrected chi connectivity index (χ0v) is 19.8. The number of hydrogen-bond acceptors (Lipinski definition) is 7. The summed E-state index contributed by atoms with van der Waals surface area (Å²) < 4.78 is 65.8. The van der Waals surface area contributed by atoms with E-state index < -0.39 is 22.2 Å². The number of ether oxygens (including phenoxy) is 2. The lowest BCUT2D eigenvalue weighted by atomic mass is 9.97. The van der Waals surface area contributed by atoms with Gasteiger partial charge in [0.2, 0.25) is 11.8 Å². The van der Waals surface area contributed by atoms with Crippen LogP contribution in [0.5, 0.6) is 11.8 Å². The van der Waals surface area contributed by atoms with Crippen LogP contribution in [0.1, 0.15) is 64.1 Å². The number of rotatable bonds is 7. The number of aryl methyl sites for hydroxylation is 1. The van der Waals surface area contributed by atoms with E-state index in [1.54, 1.807) is 27.7 Å². The minimum atomic E-state index is -4.29. The lowest BCUT2D eigenvalue weighted by Crippen LogP contribution is -2.35. The first-order valence-electron chi connectivity index (χ1n) is 10.4. The quantitative estimate of drug-likeness (QED) is 0.608. The number of fused-ring (bicyclic) bond motifs is 1. The van der Waals surface area contributed by atoms with Gasteiger partial charge in [0.05, 0.1) is 24.2 Å². The number of sulfonamides is 1. The van der Waals surface area contributed by atoms with E-state index in [0.717, 1.165) is 6.20 Å². The van der Waals surface area contributed by atoms with E-state index in [9.17, 15) is 22.0 Å². The highest BCUT2D eigenvalue weighted by Crippen LogP contribution is 2.35. The maximum absolute atomic E-state index is 13.4. The maximum atomic E-state index is 13.4. The summed E-state index contributed by atoms with van der Waals surface area (Å²) in [5.74, 6) is -0.742. The molecule has 2 N–H and O–H groups in total. The van der Waals surface area contributed by atoms with Gasteiger partial charge in [-0.2, -0.15) is 13.9 Å². The molecule has 10 nitrogen and oxygen atoms in total. The highest BCUT2D eigenvalue weighted by molar-refractivity contribution is 7.90. The monoisotopic (exact) mass is 487 g/mol. The van der Waals surface area contributed by atoms with E-state index in [0.29, 0.717) is 32.1 Å². The number of aromatic nitrogens is 3. The molecule has 182 valence electrons. The third kappa shape index (κ3) is 5.70. The van der Waals surface area contributed by atoms with Crippen molar-refractivity contribution in [2.45, 2.75) is 70.4 Å². The largest absolute Gasteiger partial charge is 0.477 e. The second-order valence-corrected chi connectivity index (χ2v) is 9.98. The van der Waals surface area contributed by atoms with Crippen LogP contribution in [-0.2, 0) is 16.6 Å². The zero-order valence-electron chi connectivity index (χ0n) is 19.0. The Bertz CT molecular complexity index is 1110. The number of anilines is 1. The van der Waals surface area contributed by atoms with Crippen molar-refractivity contribution in [2.24, 2.45) is 0 Å². The second kappa shape index (κ2) is 9.12. The maximum Gasteiger partial charge on any atom is 0.396 e. The topological polar surface area (TPSA) is 124 Å². The van der Waals surface area contributed by atoms with E-state index in [4.69, 9.17) is 4.74 Å². The Morgan fingerprint density at radius 3 is 2.58 bits per heavy atom. The Morgan fingerprint density at radius 1 is 1.27 bits per heavy atom. The number of alkyl halides is 2. The van der Waals surface area contributed by atoms with Crippen molar-refractivity contribution in [1.29, 1.82) is 0 Å². The van der Waals surface area contributed by atoms with E-state index in [2.05, 4.69) is 20.1 Å². The summed E-state index contributed by atoms with van der Waals surface area (Å²) in [6.45, 7) is 8.55. The molecule has 1 aliphatic rings. The predicted molar refractivity (Wildman–Crippen MR) is 115 cm³/mol. The van der Waals surface area contributed by atoms with Crippen molar-refractivity contribution in [2.75, 3.05) is 11.9 Å². The Kier molecular flexibility index (Phi) is 6.82. The van der Waals surface area contributed by atoms with Crippen LogP contribution in [0.15, 0.2) is 17.2 Å². The average molecular weight is 488 g/mol.